The molecule has 0 aliphatic heterocycles. The number of hydrogen-bond acceptors (Lipinski definition) is 1. The average Bonchev–Trinajstić information content (AvgIpc) is 2.16. The van der Waals surface area contributed by atoms with Gasteiger partial charge in [0.1, 0.15) is 0 Å². The zero-order valence-electron chi connectivity index (χ0n) is 10.4. The van der Waals surface area contributed by atoms with Crippen LogP contribution in [-0.2, 0) is 4.52 Å². The Morgan fingerprint density at radius 2 is 1.29 bits per heavy atom. The summed E-state index contributed by atoms with van der Waals surface area (Å²) >= 11 is 0. The van der Waals surface area contributed by atoms with Gasteiger partial charge in [-0.25, -0.2) is 0 Å². The molecule has 0 N–H and O–H groups in total. The smallest absolute Gasteiger partial charge is 0.0721 e. The molecule has 0 heterocycles. The van der Waals surface area contributed by atoms with Gasteiger partial charge in [-0.15, -0.1) is 0 Å². The minimum absolute atomic E-state index is 0.215. The third kappa shape index (κ3) is 5.32. The summed E-state index contributed by atoms with van der Waals surface area (Å²) in [4.78, 5) is 0. The van der Waals surface area contributed by atoms with Crippen molar-refractivity contribution in [3.8, 4) is 0 Å². The maximum atomic E-state index is 6.13. The van der Waals surface area contributed by atoms with Crippen LogP contribution in [0.2, 0.25) is 0 Å². The Morgan fingerprint density at radius 3 is 1.57 bits per heavy atom. The summed E-state index contributed by atoms with van der Waals surface area (Å²) in [5.41, 5.74) is 0.215. The third-order valence-electron chi connectivity index (χ3n) is 2.55. The van der Waals surface area contributed by atoms with Crippen LogP contribution >= 0.6 is 8.81 Å². The SMILES string of the molecule is CCCC(CCC)(CCC)OPCC. The summed E-state index contributed by atoms with van der Waals surface area (Å²) in [7, 11) is 0.696. The van der Waals surface area contributed by atoms with Crippen molar-refractivity contribution >= 4 is 8.81 Å². The van der Waals surface area contributed by atoms with E-state index in [0.29, 0.717) is 8.81 Å². The lowest BCUT2D eigenvalue weighted by molar-refractivity contribution is 0.0564. The Bertz CT molecular complexity index is 108. The van der Waals surface area contributed by atoms with Crippen molar-refractivity contribution in [3.05, 3.63) is 0 Å². The predicted octanol–water partition coefficient (Wildman–Crippen LogP) is 4.76. The second-order valence-corrected chi connectivity index (χ2v) is 5.23. The van der Waals surface area contributed by atoms with E-state index in [9.17, 15) is 0 Å². The van der Waals surface area contributed by atoms with E-state index in [-0.39, 0.29) is 5.60 Å². The van der Waals surface area contributed by atoms with Crippen LogP contribution in [0.15, 0.2) is 0 Å². The van der Waals surface area contributed by atoms with E-state index in [1.54, 1.807) is 0 Å². The lowest BCUT2D eigenvalue weighted by Gasteiger charge is -2.33. The molecular weight excluding hydrogens is 191 g/mol. The second kappa shape index (κ2) is 8.68. The zero-order chi connectivity index (χ0) is 10.9. The second-order valence-electron chi connectivity index (χ2n) is 4.03. The summed E-state index contributed by atoms with van der Waals surface area (Å²) in [6, 6.07) is 0. The first-order valence-corrected chi connectivity index (χ1v) is 7.27. The van der Waals surface area contributed by atoms with Gasteiger partial charge in [-0.2, -0.15) is 0 Å². The maximum absolute atomic E-state index is 6.13. The van der Waals surface area contributed by atoms with Gasteiger partial charge in [-0.1, -0.05) is 47.0 Å². The quantitative estimate of drug-likeness (QED) is 0.507. The summed E-state index contributed by atoms with van der Waals surface area (Å²) in [6.07, 6.45) is 8.61. The fraction of sp³-hybridized carbons (Fsp3) is 1.00. The Hall–Kier alpha value is 0.390. The summed E-state index contributed by atoms with van der Waals surface area (Å²) in [5, 5.41) is 0. The standard InChI is InChI=1S/C12H27OP/c1-5-9-12(10-6-2,11-7-3)13-14-8-4/h14H,5-11H2,1-4H3. The van der Waals surface area contributed by atoms with Gasteiger partial charge in [0.15, 0.2) is 0 Å². The van der Waals surface area contributed by atoms with E-state index >= 15 is 0 Å². The van der Waals surface area contributed by atoms with Crippen molar-refractivity contribution in [1.29, 1.82) is 0 Å². The van der Waals surface area contributed by atoms with Gasteiger partial charge in [0.2, 0.25) is 0 Å². The molecule has 0 fully saturated rings. The molecule has 0 aromatic carbocycles. The molecule has 0 amide bonds. The minimum Gasteiger partial charge on any atom is -0.356 e. The molecule has 2 heteroatoms. The molecule has 0 radical (unpaired) electrons. The van der Waals surface area contributed by atoms with Gasteiger partial charge in [-0.3, -0.25) is 0 Å². The molecular formula is C12H27OP. The lowest BCUT2D eigenvalue weighted by Crippen LogP contribution is -2.29. The van der Waals surface area contributed by atoms with E-state index < -0.39 is 0 Å². The molecule has 0 aliphatic carbocycles. The van der Waals surface area contributed by atoms with Crippen LogP contribution < -0.4 is 0 Å². The fourth-order valence-corrected chi connectivity index (χ4v) is 2.88. The van der Waals surface area contributed by atoms with Gasteiger partial charge >= 0.3 is 0 Å². The summed E-state index contributed by atoms with van der Waals surface area (Å²) < 4.78 is 6.13. The molecule has 1 nitrogen and oxygen atoms in total. The van der Waals surface area contributed by atoms with Crippen LogP contribution in [0, 0.1) is 0 Å². The van der Waals surface area contributed by atoms with Crippen LogP contribution in [-0.4, -0.2) is 11.8 Å². The highest BCUT2D eigenvalue weighted by atomic mass is 31.1. The predicted molar refractivity (Wildman–Crippen MR) is 67.4 cm³/mol. The van der Waals surface area contributed by atoms with Crippen molar-refractivity contribution in [2.75, 3.05) is 6.16 Å². The summed E-state index contributed by atoms with van der Waals surface area (Å²) in [5.74, 6) is 0. The van der Waals surface area contributed by atoms with Crippen LogP contribution in [0.1, 0.15) is 66.2 Å². The van der Waals surface area contributed by atoms with E-state index in [0.717, 1.165) is 0 Å². The topological polar surface area (TPSA) is 9.23 Å². The third-order valence-corrected chi connectivity index (χ3v) is 3.42. The highest BCUT2D eigenvalue weighted by Crippen LogP contribution is 2.35. The van der Waals surface area contributed by atoms with E-state index in [1.165, 1.54) is 44.7 Å². The highest BCUT2D eigenvalue weighted by Gasteiger charge is 2.27. The van der Waals surface area contributed by atoms with Crippen molar-refractivity contribution < 1.29 is 4.52 Å². The summed E-state index contributed by atoms with van der Waals surface area (Å²) in [6.45, 7) is 8.99. The first kappa shape index (κ1) is 14.4. The number of rotatable bonds is 9. The van der Waals surface area contributed by atoms with Gasteiger partial charge in [0.25, 0.3) is 0 Å². The Kier molecular flexibility index (Phi) is 8.92. The molecule has 0 saturated heterocycles. The first-order valence-electron chi connectivity index (χ1n) is 6.15. The van der Waals surface area contributed by atoms with Crippen LogP contribution in [0.4, 0.5) is 0 Å². The molecule has 0 bridgehead atoms. The molecule has 0 aromatic rings. The molecule has 1 atom stereocenters. The van der Waals surface area contributed by atoms with E-state index in [2.05, 4.69) is 27.7 Å². The Labute approximate surface area is 91.9 Å². The normalized spacial score (nSPS) is 12.9. The maximum Gasteiger partial charge on any atom is 0.0721 e. The highest BCUT2D eigenvalue weighted by molar-refractivity contribution is 7.32. The molecule has 14 heavy (non-hydrogen) atoms. The largest absolute Gasteiger partial charge is 0.356 e. The van der Waals surface area contributed by atoms with E-state index in [1.807, 2.05) is 0 Å². The van der Waals surface area contributed by atoms with Crippen molar-refractivity contribution in [2.24, 2.45) is 0 Å². The van der Waals surface area contributed by atoms with Gasteiger partial charge in [0.05, 0.1) is 5.60 Å². The molecule has 0 saturated carbocycles. The Morgan fingerprint density at radius 1 is 0.857 bits per heavy atom. The van der Waals surface area contributed by atoms with Crippen LogP contribution in [0.5, 0.6) is 0 Å². The molecule has 0 aliphatic rings. The molecule has 0 aromatic heterocycles. The van der Waals surface area contributed by atoms with Gasteiger partial charge < -0.3 is 4.52 Å². The first-order chi connectivity index (χ1) is 6.74. The van der Waals surface area contributed by atoms with Gasteiger partial charge in [0, 0.05) is 8.81 Å². The monoisotopic (exact) mass is 218 g/mol. The molecule has 1 unspecified atom stereocenters. The fourth-order valence-electron chi connectivity index (χ4n) is 2.12. The number of hydrogen-bond donors (Lipinski definition) is 0. The Balaban J connectivity index is 4.21. The van der Waals surface area contributed by atoms with Crippen molar-refractivity contribution in [3.63, 3.8) is 0 Å². The van der Waals surface area contributed by atoms with Crippen LogP contribution in [0.25, 0.3) is 0 Å². The van der Waals surface area contributed by atoms with E-state index in [4.69, 9.17) is 4.52 Å². The van der Waals surface area contributed by atoms with Crippen LogP contribution in [0.3, 0.4) is 0 Å². The molecule has 0 spiro atoms. The zero-order valence-corrected chi connectivity index (χ0v) is 11.4. The van der Waals surface area contributed by atoms with Gasteiger partial charge in [-0.05, 0) is 25.4 Å². The average molecular weight is 218 g/mol. The lowest BCUT2D eigenvalue weighted by atomic mass is 9.88. The van der Waals surface area contributed by atoms with Crippen molar-refractivity contribution in [2.45, 2.75) is 71.8 Å². The molecule has 0 rings (SSSR count). The minimum atomic E-state index is 0.215. The van der Waals surface area contributed by atoms with Crippen molar-refractivity contribution in [1.82, 2.24) is 0 Å². The molecule has 86 valence electrons.